The molecular weight excluding hydrogens is 592 g/mol. The molecule has 0 saturated carbocycles. The van der Waals surface area contributed by atoms with E-state index in [0.29, 0.717) is 30.4 Å². The first-order valence-electron chi connectivity index (χ1n) is 11.2. The molecule has 0 bridgehead atoms. The predicted octanol–water partition coefficient (Wildman–Crippen LogP) is 9.19. The van der Waals surface area contributed by atoms with Crippen molar-refractivity contribution in [1.29, 1.82) is 0 Å². The topological polar surface area (TPSA) is 9.23 Å². The molecule has 6 heteroatoms. The van der Waals surface area contributed by atoms with Crippen LogP contribution in [0.25, 0.3) is 0 Å². The molecule has 0 spiro atoms. The summed E-state index contributed by atoms with van der Waals surface area (Å²) in [7, 11) is 1.34. The average molecular weight is 647 g/mol. The Morgan fingerprint density at radius 2 is 0.714 bits per heavy atom. The van der Waals surface area contributed by atoms with Crippen LogP contribution in [-0.4, -0.2) is 67.6 Å². The smallest absolute Gasteiger partial charge is 0.128 e. The Kier molecular flexibility index (Phi) is 53.0. The van der Waals surface area contributed by atoms with Crippen molar-refractivity contribution < 1.29 is 25.8 Å². The van der Waals surface area contributed by atoms with Crippen molar-refractivity contribution in [3.8, 4) is 0 Å². The number of hydrogen-bond acceptors (Lipinski definition) is 1. The van der Waals surface area contributed by atoms with Crippen LogP contribution in [0.1, 0.15) is 76.2 Å². The van der Waals surface area contributed by atoms with E-state index in [9.17, 15) is 0 Å². The summed E-state index contributed by atoms with van der Waals surface area (Å²) < 4.78 is 4.81. The van der Waals surface area contributed by atoms with E-state index >= 15 is 0 Å². The SMILES string of the molecule is CCOC(C)Cl.CCP(CC)CC.CCP(CC)CC.CCP(CC)CC.[W]. The van der Waals surface area contributed by atoms with E-state index in [2.05, 4.69) is 62.3 Å². The van der Waals surface area contributed by atoms with Crippen molar-refractivity contribution in [2.45, 2.75) is 81.7 Å². The van der Waals surface area contributed by atoms with Gasteiger partial charge in [0.15, 0.2) is 0 Å². The summed E-state index contributed by atoms with van der Waals surface area (Å²) in [4.78, 5) is 0. The maximum absolute atomic E-state index is 5.36. The first kappa shape index (κ1) is 40.6. The van der Waals surface area contributed by atoms with E-state index in [4.69, 9.17) is 16.3 Å². The van der Waals surface area contributed by atoms with Gasteiger partial charge in [0.25, 0.3) is 0 Å². The van der Waals surface area contributed by atoms with Crippen LogP contribution in [0.5, 0.6) is 0 Å². The minimum Gasteiger partial charge on any atom is -0.363 e. The van der Waals surface area contributed by atoms with E-state index in [0.717, 1.165) is 0 Å². The molecular formula is C22H54ClOP3W. The van der Waals surface area contributed by atoms with Crippen molar-refractivity contribution in [3.63, 3.8) is 0 Å². The summed E-state index contributed by atoms with van der Waals surface area (Å²) in [5, 5.41) is 0. The van der Waals surface area contributed by atoms with E-state index in [-0.39, 0.29) is 26.6 Å². The van der Waals surface area contributed by atoms with Crippen molar-refractivity contribution >= 4 is 35.4 Å². The van der Waals surface area contributed by atoms with Crippen molar-refractivity contribution in [3.05, 3.63) is 0 Å². The van der Waals surface area contributed by atoms with Crippen LogP contribution in [0.3, 0.4) is 0 Å². The molecule has 176 valence electrons. The summed E-state index contributed by atoms with van der Waals surface area (Å²) in [6, 6.07) is 0. The van der Waals surface area contributed by atoms with Gasteiger partial charge in [-0.15, -0.1) is 23.8 Å². The van der Waals surface area contributed by atoms with Gasteiger partial charge in [-0.1, -0.05) is 73.9 Å². The Balaban J connectivity index is -0.0000000831. The quantitative estimate of drug-likeness (QED) is 0.161. The monoisotopic (exact) mass is 646 g/mol. The Morgan fingerprint density at radius 1 is 0.536 bits per heavy atom. The number of rotatable bonds is 11. The molecule has 28 heavy (non-hydrogen) atoms. The maximum atomic E-state index is 5.36. The van der Waals surface area contributed by atoms with Gasteiger partial charge in [-0.05, 0) is 69.3 Å². The van der Waals surface area contributed by atoms with Gasteiger partial charge in [-0.3, -0.25) is 0 Å². The van der Waals surface area contributed by atoms with E-state index in [1.54, 1.807) is 6.92 Å². The Hall–Kier alpha value is 2.23. The standard InChI is InChI=1S/3C6H15P.C4H9ClO.W/c3*1-4-7(5-2)6-3;1-3-6-4(2)5;/h3*4-6H2,1-3H3;4H,3H2,1-2H3;. The molecule has 0 aliphatic rings. The van der Waals surface area contributed by atoms with Crippen molar-refractivity contribution in [2.24, 2.45) is 0 Å². The second kappa shape index (κ2) is 36.6. The fourth-order valence-electron chi connectivity index (χ4n) is 2.24. The van der Waals surface area contributed by atoms with Gasteiger partial charge in [0.05, 0.1) is 0 Å². The zero-order chi connectivity index (χ0) is 22.1. The van der Waals surface area contributed by atoms with Crippen molar-refractivity contribution in [2.75, 3.05) is 62.1 Å². The molecule has 1 atom stereocenters. The Morgan fingerprint density at radius 3 is 0.714 bits per heavy atom. The fourth-order valence-corrected chi connectivity index (χ4v) is 6.39. The van der Waals surface area contributed by atoms with Crippen LogP contribution < -0.4 is 0 Å². The molecule has 0 aromatic heterocycles. The average Bonchev–Trinajstić information content (AvgIpc) is 2.67. The zero-order valence-corrected chi connectivity index (χ0v) is 27.6. The van der Waals surface area contributed by atoms with E-state index < -0.39 is 0 Å². The molecule has 1 unspecified atom stereocenters. The van der Waals surface area contributed by atoms with E-state index in [1.807, 2.05) is 6.92 Å². The predicted molar refractivity (Wildman–Crippen MR) is 143 cm³/mol. The number of halogens is 1. The third-order valence-corrected chi connectivity index (χ3v) is 12.6. The molecule has 0 amide bonds. The largest absolute Gasteiger partial charge is 0.363 e. The molecule has 0 radical (unpaired) electrons. The zero-order valence-electron chi connectivity index (χ0n) is 21.2. The third-order valence-electron chi connectivity index (χ3n) is 4.42. The molecule has 1 nitrogen and oxygen atoms in total. The van der Waals surface area contributed by atoms with Gasteiger partial charge in [-0.2, -0.15) is 0 Å². The second-order valence-corrected chi connectivity index (χ2v) is 16.2. The summed E-state index contributed by atoms with van der Waals surface area (Å²) in [5.41, 5.74) is -0.130. The molecule has 0 aromatic carbocycles. The van der Waals surface area contributed by atoms with Crippen LogP contribution in [0.15, 0.2) is 0 Å². The first-order chi connectivity index (χ1) is 12.8. The number of ether oxygens (including phenoxy) is 1. The van der Waals surface area contributed by atoms with Gasteiger partial charge in [0.2, 0.25) is 0 Å². The molecule has 0 N–H and O–H groups in total. The Labute approximate surface area is 204 Å². The molecule has 0 rings (SSSR count). The third kappa shape index (κ3) is 38.8. The number of alkyl halides is 1. The van der Waals surface area contributed by atoms with Gasteiger partial charge in [0, 0.05) is 27.7 Å². The summed E-state index contributed by atoms with van der Waals surface area (Å²) >= 11 is 5.36. The van der Waals surface area contributed by atoms with Crippen LogP contribution in [0.4, 0.5) is 0 Å². The fraction of sp³-hybridized carbons (Fsp3) is 1.00. The maximum Gasteiger partial charge on any atom is 0.128 e. The van der Waals surface area contributed by atoms with Crippen LogP contribution in [0, 0.1) is 0 Å². The second-order valence-electron chi connectivity index (χ2n) is 5.86. The van der Waals surface area contributed by atoms with Crippen LogP contribution in [-0.2, 0) is 25.8 Å². The van der Waals surface area contributed by atoms with Gasteiger partial charge in [-0.25, -0.2) is 0 Å². The Bertz CT molecular complexity index is 181. The summed E-state index contributed by atoms with van der Waals surface area (Å²) in [6.45, 7) is 25.0. The van der Waals surface area contributed by atoms with Crippen LogP contribution >= 0.6 is 35.4 Å². The van der Waals surface area contributed by atoms with Crippen molar-refractivity contribution in [1.82, 2.24) is 0 Å². The molecule has 0 heterocycles. The van der Waals surface area contributed by atoms with Gasteiger partial charge >= 0.3 is 0 Å². The normalized spacial score (nSPS) is 10.8. The minimum absolute atomic E-state index is 0. The molecule has 0 fully saturated rings. The molecule has 0 aliphatic carbocycles. The van der Waals surface area contributed by atoms with Crippen LogP contribution in [0.2, 0.25) is 0 Å². The summed E-state index contributed by atoms with van der Waals surface area (Å²) in [5.74, 6) is 0. The summed E-state index contributed by atoms with van der Waals surface area (Å²) in [6.07, 6.45) is 12.8. The number of hydrogen-bond donors (Lipinski definition) is 0. The molecule has 0 aromatic rings. The molecule has 0 saturated heterocycles. The minimum atomic E-state index is -0.130. The first-order valence-corrected chi connectivity index (χ1v) is 17.4. The molecule has 0 aliphatic heterocycles. The van der Waals surface area contributed by atoms with E-state index in [1.165, 1.54) is 55.5 Å². The van der Waals surface area contributed by atoms with Gasteiger partial charge < -0.3 is 4.74 Å². The van der Waals surface area contributed by atoms with Gasteiger partial charge in [0.1, 0.15) is 5.56 Å².